The fourth-order valence-corrected chi connectivity index (χ4v) is 5.01. The van der Waals surface area contributed by atoms with Crippen LogP contribution in [0.2, 0.25) is 10.0 Å². The fourth-order valence-electron chi connectivity index (χ4n) is 4.34. The van der Waals surface area contributed by atoms with Crippen molar-refractivity contribution in [3.8, 4) is 17.1 Å². The Kier molecular flexibility index (Phi) is 7.08. The molecule has 36 heavy (non-hydrogen) atoms. The molecule has 1 aliphatic rings. The molecule has 1 aliphatic heterocycles. The van der Waals surface area contributed by atoms with E-state index in [4.69, 9.17) is 32.9 Å². The lowest BCUT2D eigenvalue weighted by Gasteiger charge is -2.34. The number of hydrogen-bond acceptors (Lipinski definition) is 7. The minimum absolute atomic E-state index is 0.138. The Morgan fingerprint density at radius 1 is 1.11 bits per heavy atom. The van der Waals surface area contributed by atoms with Crippen LogP contribution in [0.4, 0.5) is 0 Å². The zero-order valence-corrected chi connectivity index (χ0v) is 21.5. The number of hydrogen-bond donors (Lipinski definition) is 1. The van der Waals surface area contributed by atoms with E-state index in [0.29, 0.717) is 32.7 Å². The summed E-state index contributed by atoms with van der Waals surface area (Å²) >= 11 is 12.6. The molecule has 1 fully saturated rings. The Labute approximate surface area is 218 Å². The predicted octanol–water partition coefficient (Wildman–Crippen LogP) is 3.83. The molecule has 0 radical (unpaired) electrons. The largest absolute Gasteiger partial charge is 0.470 e. The summed E-state index contributed by atoms with van der Waals surface area (Å²) in [6.07, 6.45) is 6.41. The molecular weight excluding hydrogens is 503 g/mol. The van der Waals surface area contributed by atoms with Crippen LogP contribution in [0.15, 0.2) is 36.9 Å². The van der Waals surface area contributed by atoms with E-state index in [-0.39, 0.29) is 5.91 Å². The summed E-state index contributed by atoms with van der Waals surface area (Å²) in [5.74, 6) is 0.567. The number of H-pyrrole nitrogens is 1. The lowest BCUT2D eigenvalue weighted by atomic mass is 10.2. The van der Waals surface area contributed by atoms with Gasteiger partial charge in [-0.3, -0.25) is 24.5 Å². The molecule has 0 spiro atoms. The number of amides is 1. The molecule has 5 rings (SSSR count). The van der Waals surface area contributed by atoms with E-state index in [1.165, 1.54) is 12.4 Å². The molecule has 12 heteroatoms. The molecule has 5 heterocycles. The van der Waals surface area contributed by atoms with Gasteiger partial charge in [-0.1, -0.05) is 23.2 Å². The summed E-state index contributed by atoms with van der Waals surface area (Å²) in [7, 11) is 0. The highest BCUT2D eigenvalue weighted by molar-refractivity contribution is 6.35. The zero-order chi connectivity index (χ0) is 25.2. The van der Waals surface area contributed by atoms with Crippen molar-refractivity contribution in [1.82, 2.24) is 39.7 Å². The molecule has 10 nitrogen and oxygen atoms in total. The van der Waals surface area contributed by atoms with Gasteiger partial charge in [0, 0.05) is 75.4 Å². The number of fused-ring (bicyclic) bond motifs is 1. The minimum atomic E-state index is -0.423. The van der Waals surface area contributed by atoms with Gasteiger partial charge in [0.25, 0.3) is 0 Å². The number of aromatic amines is 1. The van der Waals surface area contributed by atoms with Crippen LogP contribution in [0.5, 0.6) is 5.88 Å². The van der Waals surface area contributed by atoms with Gasteiger partial charge < -0.3 is 9.64 Å². The van der Waals surface area contributed by atoms with E-state index in [1.807, 2.05) is 28.8 Å². The van der Waals surface area contributed by atoms with E-state index in [9.17, 15) is 4.79 Å². The molecule has 1 N–H and O–H groups in total. The zero-order valence-electron chi connectivity index (χ0n) is 20.0. The third kappa shape index (κ3) is 5.16. The molecule has 0 saturated carbocycles. The van der Waals surface area contributed by atoms with Gasteiger partial charge in [-0.25, -0.2) is 4.98 Å². The molecule has 0 aromatic carbocycles. The van der Waals surface area contributed by atoms with Gasteiger partial charge in [-0.15, -0.1) is 0 Å². The highest BCUT2D eigenvalue weighted by atomic mass is 35.5. The summed E-state index contributed by atoms with van der Waals surface area (Å²) in [5.41, 5.74) is 3.70. The average molecular weight is 529 g/mol. The van der Waals surface area contributed by atoms with Crippen LogP contribution in [0.1, 0.15) is 25.5 Å². The van der Waals surface area contributed by atoms with Gasteiger partial charge in [0.05, 0.1) is 28.3 Å². The first kappa shape index (κ1) is 24.5. The summed E-state index contributed by atoms with van der Waals surface area (Å²) in [6, 6.07) is 3.65. The van der Waals surface area contributed by atoms with E-state index >= 15 is 0 Å². The molecule has 0 bridgehead atoms. The summed E-state index contributed by atoms with van der Waals surface area (Å²) in [4.78, 5) is 24.4. The second kappa shape index (κ2) is 10.4. The van der Waals surface area contributed by atoms with Crippen LogP contribution >= 0.6 is 23.2 Å². The van der Waals surface area contributed by atoms with Crippen molar-refractivity contribution >= 4 is 40.1 Å². The number of nitrogens with one attached hydrogen (secondary N) is 1. The Balaban J connectivity index is 1.28. The first-order chi connectivity index (χ1) is 17.4. The number of rotatable bonds is 7. The van der Waals surface area contributed by atoms with Gasteiger partial charge in [-0.2, -0.15) is 10.2 Å². The van der Waals surface area contributed by atoms with Crippen molar-refractivity contribution in [2.45, 2.75) is 26.5 Å². The van der Waals surface area contributed by atoms with Crippen LogP contribution in [-0.2, 0) is 11.3 Å². The molecule has 1 atom stereocenters. The molecule has 188 valence electrons. The smallest absolute Gasteiger partial charge is 0.219 e. The maximum Gasteiger partial charge on any atom is 0.219 e. The van der Waals surface area contributed by atoms with Crippen molar-refractivity contribution in [1.29, 1.82) is 0 Å². The average Bonchev–Trinajstić information content (AvgIpc) is 3.49. The first-order valence-corrected chi connectivity index (χ1v) is 12.5. The van der Waals surface area contributed by atoms with E-state index in [0.717, 1.165) is 50.3 Å². The monoisotopic (exact) mass is 528 g/mol. The topological polar surface area (TPSA) is 105 Å². The van der Waals surface area contributed by atoms with Gasteiger partial charge in [0.2, 0.25) is 11.8 Å². The third-order valence-corrected chi connectivity index (χ3v) is 6.95. The normalized spacial score (nSPS) is 15.4. The number of ether oxygens (including phenoxy) is 1. The molecule has 4 aromatic heterocycles. The summed E-state index contributed by atoms with van der Waals surface area (Å²) in [5, 5.41) is 12.9. The minimum Gasteiger partial charge on any atom is -0.470 e. The lowest BCUT2D eigenvalue weighted by Crippen LogP contribution is -2.48. The summed E-state index contributed by atoms with van der Waals surface area (Å²) in [6.45, 7) is 8.38. The first-order valence-electron chi connectivity index (χ1n) is 11.7. The van der Waals surface area contributed by atoms with Crippen LogP contribution in [0.3, 0.4) is 0 Å². The second-order valence-corrected chi connectivity index (χ2v) is 9.55. The molecule has 1 saturated heterocycles. The number of piperazine rings is 1. The van der Waals surface area contributed by atoms with E-state index in [2.05, 4.69) is 25.2 Å². The quantitative estimate of drug-likeness (QED) is 0.388. The van der Waals surface area contributed by atoms with Gasteiger partial charge in [-0.05, 0) is 13.0 Å². The predicted molar refractivity (Wildman–Crippen MR) is 137 cm³/mol. The molecule has 0 aliphatic carbocycles. The number of carbonyl (C=O) groups is 1. The summed E-state index contributed by atoms with van der Waals surface area (Å²) < 4.78 is 7.97. The second-order valence-electron chi connectivity index (χ2n) is 8.73. The van der Waals surface area contributed by atoms with Crippen molar-refractivity contribution in [3.63, 3.8) is 0 Å². The Hall–Kier alpha value is -3.21. The Bertz CT molecular complexity index is 1360. The van der Waals surface area contributed by atoms with Crippen molar-refractivity contribution in [2.24, 2.45) is 0 Å². The fraction of sp³-hybridized carbons (Fsp3) is 0.375. The Morgan fingerprint density at radius 3 is 2.58 bits per heavy atom. The van der Waals surface area contributed by atoms with Crippen molar-refractivity contribution in [3.05, 3.63) is 52.5 Å². The van der Waals surface area contributed by atoms with Gasteiger partial charge in [0.1, 0.15) is 17.3 Å². The molecule has 0 unspecified atom stereocenters. The maximum absolute atomic E-state index is 11.5. The van der Waals surface area contributed by atoms with Crippen molar-refractivity contribution < 1.29 is 9.53 Å². The number of carbonyl (C=O) groups excluding carboxylic acids is 1. The van der Waals surface area contributed by atoms with Crippen LogP contribution in [0.25, 0.3) is 22.3 Å². The molecule has 1 amide bonds. The van der Waals surface area contributed by atoms with Crippen LogP contribution in [0, 0.1) is 0 Å². The lowest BCUT2D eigenvalue weighted by molar-refractivity contribution is -0.130. The SMILES string of the molecule is CC(=O)N1CCN(CCn2cc(-c3n[nH]c4ccc(O[C@H](C)c5c(Cl)cncc5Cl)nc34)cn2)CC1. The van der Waals surface area contributed by atoms with Crippen molar-refractivity contribution in [2.75, 3.05) is 32.7 Å². The standard InChI is InChI=1S/C24H26Cl2N8O2/c1-15(22-18(25)12-27-13-19(22)26)36-21-4-3-20-24(29-21)23(31-30-20)17-11-28-34(14-17)10-7-32-5-8-33(9-6-32)16(2)35/h3-4,11-15H,5-10H2,1-2H3,(H,30,31)/t15-/m1/s1. The Morgan fingerprint density at radius 2 is 1.86 bits per heavy atom. The van der Waals surface area contributed by atoms with Crippen LogP contribution < -0.4 is 4.74 Å². The number of halogens is 2. The van der Waals surface area contributed by atoms with Gasteiger partial charge >= 0.3 is 0 Å². The van der Waals surface area contributed by atoms with E-state index < -0.39 is 6.10 Å². The number of aromatic nitrogens is 6. The number of nitrogens with zero attached hydrogens (tertiary/aromatic N) is 7. The highest BCUT2D eigenvalue weighted by Gasteiger charge is 2.20. The molecule has 4 aromatic rings. The maximum atomic E-state index is 11.5. The third-order valence-electron chi connectivity index (χ3n) is 6.35. The number of pyridine rings is 2. The van der Waals surface area contributed by atoms with Gasteiger partial charge in [0.15, 0.2) is 0 Å². The van der Waals surface area contributed by atoms with E-state index in [1.54, 1.807) is 19.2 Å². The highest BCUT2D eigenvalue weighted by Crippen LogP contribution is 2.33. The van der Waals surface area contributed by atoms with Crippen LogP contribution in [-0.4, -0.2) is 78.4 Å². The molecular formula is C24H26Cl2N8O2.